The molecule has 1 atom stereocenters. The lowest BCUT2D eigenvalue weighted by atomic mass is 10.0. The van der Waals surface area contributed by atoms with Gasteiger partial charge < -0.3 is 24.8 Å². The first kappa shape index (κ1) is 27.6. The van der Waals surface area contributed by atoms with Crippen LogP contribution in [-0.2, 0) is 4.79 Å². The van der Waals surface area contributed by atoms with E-state index in [4.69, 9.17) is 0 Å². The quantitative estimate of drug-likeness (QED) is 0.491. The highest BCUT2D eigenvalue weighted by Crippen LogP contribution is 2.23. The van der Waals surface area contributed by atoms with Crippen molar-refractivity contribution < 1.29 is 32.3 Å². The van der Waals surface area contributed by atoms with Crippen LogP contribution in [0.5, 0.6) is 5.75 Å². The first-order valence-corrected chi connectivity index (χ1v) is 12.2. The van der Waals surface area contributed by atoms with Gasteiger partial charge in [0.1, 0.15) is 11.8 Å². The highest BCUT2D eigenvalue weighted by Gasteiger charge is 2.33. The standard InChI is InChI=1S/C26H26F3N5O5/c1-15(2)20(32-23(36)21-22(35)31-19-6-4-3-5-18(19)30-21)25(38)34-13-11-33(12-14-34)24(37)16-7-9-17(10-8-16)39-26(27,28)29/h3-10,15,20H,11-14H2,1-2H3,(H,31,35)(H,32,36)/t20-/m0/s1. The van der Waals surface area contributed by atoms with Crippen LogP contribution in [0.3, 0.4) is 0 Å². The molecular weight excluding hydrogens is 519 g/mol. The Labute approximate surface area is 220 Å². The number of carbonyl (C=O) groups is 3. The van der Waals surface area contributed by atoms with Gasteiger partial charge in [0.2, 0.25) is 5.91 Å². The van der Waals surface area contributed by atoms with Gasteiger partial charge in [-0.15, -0.1) is 13.2 Å². The summed E-state index contributed by atoms with van der Waals surface area (Å²) in [6.45, 7) is 4.27. The van der Waals surface area contributed by atoms with Crippen LogP contribution < -0.4 is 15.6 Å². The molecule has 1 fully saturated rings. The number of para-hydroxylation sites is 2. The molecule has 206 valence electrons. The number of H-pyrrole nitrogens is 1. The minimum Gasteiger partial charge on any atom is -0.406 e. The predicted octanol–water partition coefficient (Wildman–Crippen LogP) is 2.56. The van der Waals surface area contributed by atoms with Gasteiger partial charge in [-0.25, -0.2) is 4.98 Å². The van der Waals surface area contributed by atoms with E-state index >= 15 is 0 Å². The Kier molecular flexibility index (Phi) is 7.88. The predicted molar refractivity (Wildman–Crippen MR) is 134 cm³/mol. The Morgan fingerprint density at radius 3 is 2.21 bits per heavy atom. The molecule has 0 aliphatic carbocycles. The lowest BCUT2D eigenvalue weighted by molar-refractivity contribution is -0.274. The number of fused-ring (bicyclic) bond motifs is 1. The topological polar surface area (TPSA) is 125 Å². The summed E-state index contributed by atoms with van der Waals surface area (Å²) < 4.78 is 40.9. The number of nitrogens with one attached hydrogen (secondary N) is 2. The van der Waals surface area contributed by atoms with E-state index in [1.165, 1.54) is 21.9 Å². The zero-order valence-corrected chi connectivity index (χ0v) is 21.1. The SMILES string of the molecule is CC(C)[C@H](NC(=O)c1nc2ccccc2[nH]c1=O)C(=O)N1CCN(C(=O)c2ccc(OC(F)(F)F)cc2)CC1. The number of piperazine rings is 1. The molecule has 0 spiro atoms. The molecule has 2 aromatic carbocycles. The van der Waals surface area contributed by atoms with E-state index in [-0.39, 0.29) is 49.3 Å². The summed E-state index contributed by atoms with van der Waals surface area (Å²) in [5.41, 5.74) is 0.0664. The number of benzene rings is 2. The Bertz CT molecular complexity index is 1430. The minimum absolute atomic E-state index is 0.185. The number of ether oxygens (including phenoxy) is 1. The van der Waals surface area contributed by atoms with Crippen LogP contribution in [0.15, 0.2) is 53.3 Å². The van der Waals surface area contributed by atoms with Crippen LogP contribution in [0.2, 0.25) is 0 Å². The average Bonchev–Trinajstić information content (AvgIpc) is 2.90. The van der Waals surface area contributed by atoms with E-state index in [0.717, 1.165) is 12.1 Å². The number of carbonyl (C=O) groups excluding carboxylic acids is 3. The average molecular weight is 546 g/mol. The van der Waals surface area contributed by atoms with Crippen LogP contribution in [0.1, 0.15) is 34.7 Å². The third-order valence-electron chi connectivity index (χ3n) is 6.25. The monoisotopic (exact) mass is 545 g/mol. The molecule has 1 saturated heterocycles. The van der Waals surface area contributed by atoms with Crippen molar-refractivity contribution in [1.29, 1.82) is 0 Å². The van der Waals surface area contributed by atoms with Crippen LogP contribution in [0.4, 0.5) is 13.2 Å². The van der Waals surface area contributed by atoms with Crippen molar-refractivity contribution in [2.75, 3.05) is 26.2 Å². The van der Waals surface area contributed by atoms with E-state index < -0.39 is 35.5 Å². The highest BCUT2D eigenvalue weighted by molar-refractivity contribution is 5.97. The highest BCUT2D eigenvalue weighted by atomic mass is 19.4. The minimum atomic E-state index is -4.83. The van der Waals surface area contributed by atoms with Crippen molar-refractivity contribution in [1.82, 2.24) is 25.1 Å². The smallest absolute Gasteiger partial charge is 0.406 e. The van der Waals surface area contributed by atoms with Gasteiger partial charge in [0.05, 0.1) is 11.0 Å². The van der Waals surface area contributed by atoms with E-state index in [0.29, 0.717) is 11.0 Å². The Morgan fingerprint density at radius 2 is 1.59 bits per heavy atom. The molecule has 39 heavy (non-hydrogen) atoms. The van der Waals surface area contributed by atoms with Gasteiger partial charge >= 0.3 is 6.36 Å². The van der Waals surface area contributed by atoms with Crippen molar-refractivity contribution in [3.05, 3.63) is 70.1 Å². The van der Waals surface area contributed by atoms with Gasteiger partial charge in [-0.3, -0.25) is 19.2 Å². The van der Waals surface area contributed by atoms with Crippen LogP contribution in [-0.4, -0.2) is 76.1 Å². The van der Waals surface area contributed by atoms with Crippen LogP contribution in [0.25, 0.3) is 11.0 Å². The summed E-state index contributed by atoms with van der Waals surface area (Å²) in [4.78, 5) is 61.2. The van der Waals surface area contributed by atoms with Crippen molar-refractivity contribution >= 4 is 28.8 Å². The molecule has 0 bridgehead atoms. The van der Waals surface area contributed by atoms with Crippen molar-refractivity contribution in [3.63, 3.8) is 0 Å². The Morgan fingerprint density at radius 1 is 0.974 bits per heavy atom. The van der Waals surface area contributed by atoms with Crippen molar-refractivity contribution in [2.24, 2.45) is 5.92 Å². The molecule has 0 radical (unpaired) electrons. The molecule has 0 unspecified atom stereocenters. The molecule has 10 nitrogen and oxygen atoms in total. The molecule has 4 rings (SSSR count). The van der Waals surface area contributed by atoms with Gasteiger partial charge in [-0.2, -0.15) is 0 Å². The number of aromatic nitrogens is 2. The molecular formula is C26H26F3N5O5. The lowest BCUT2D eigenvalue weighted by Gasteiger charge is -2.37. The number of hydrogen-bond acceptors (Lipinski definition) is 6. The zero-order chi connectivity index (χ0) is 28.3. The van der Waals surface area contributed by atoms with E-state index in [1.54, 1.807) is 38.1 Å². The van der Waals surface area contributed by atoms with E-state index in [1.807, 2.05) is 0 Å². The molecule has 13 heteroatoms. The van der Waals surface area contributed by atoms with Gasteiger partial charge in [0.25, 0.3) is 17.4 Å². The third kappa shape index (κ3) is 6.54. The summed E-state index contributed by atoms with van der Waals surface area (Å²) in [6, 6.07) is 10.4. The van der Waals surface area contributed by atoms with E-state index in [9.17, 15) is 32.3 Å². The van der Waals surface area contributed by atoms with Gasteiger partial charge in [-0.05, 0) is 42.3 Å². The fourth-order valence-corrected chi connectivity index (χ4v) is 4.21. The van der Waals surface area contributed by atoms with Crippen LogP contribution >= 0.6 is 0 Å². The van der Waals surface area contributed by atoms with Gasteiger partial charge in [0, 0.05) is 31.7 Å². The molecule has 1 aliphatic heterocycles. The molecule has 3 amide bonds. The van der Waals surface area contributed by atoms with Gasteiger partial charge in [0.15, 0.2) is 5.69 Å². The molecule has 0 saturated carbocycles. The van der Waals surface area contributed by atoms with Gasteiger partial charge in [-0.1, -0.05) is 26.0 Å². The maximum absolute atomic E-state index is 13.3. The molecule has 2 N–H and O–H groups in total. The second-order valence-corrected chi connectivity index (χ2v) is 9.32. The number of hydrogen-bond donors (Lipinski definition) is 2. The largest absolute Gasteiger partial charge is 0.573 e. The summed E-state index contributed by atoms with van der Waals surface area (Å²) >= 11 is 0. The van der Waals surface area contributed by atoms with Crippen molar-refractivity contribution in [3.8, 4) is 5.75 Å². The molecule has 1 aliphatic rings. The number of aromatic amines is 1. The summed E-state index contributed by atoms with van der Waals surface area (Å²) in [6.07, 6.45) is -4.83. The first-order valence-electron chi connectivity index (χ1n) is 12.2. The molecule has 1 aromatic heterocycles. The van der Waals surface area contributed by atoms with Crippen molar-refractivity contribution in [2.45, 2.75) is 26.3 Å². The summed E-state index contributed by atoms with van der Waals surface area (Å²) in [7, 11) is 0. The number of halogens is 3. The molecule has 3 aromatic rings. The molecule has 2 heterocycles. The second kappa shape index (κ2) is 11.1. The van der Waals surface area contributed by atoms with E-state index in [2.05, 4.69) is 20.0 Å². The number of rotatable bonds is 6. The first-order chi connectivity index (χ1) is 18.4. The number of nitrogens with zero attached hydrogens (tertiary/aromatic N) is 3. The maximum Gasteiger partial charge on any atom is 0.573 e. The number of amides is 3. The lowest BCUT2D eigenvalue weighted by Crippen LogP contribution is -2.57. The number of alkyl halides is 3. The Balaban J connectivity index is 1.38. The second-order valence-electron chi connectivity index (χ2n) is 9.32. The normalized spacial score (nSPS) is 14.8. The van der Waals surface area contributed by atoms with Crippen LogP contribution in [0, 0.1) is 5.92 Å². The summed E-state index contributed by atoms with van der Waals surface area (Å²) in [5.74, 6) is -2.27. The third-order valence-corrected chi connectivity index (χ3v) is 6.25. The zero-order valence-electron chi connectivity index (χ0n) is 21.1. The fourth-order valence-electron chi connectivity index (χ4n) is 4.21. The Hall–Kier alpha value is -4.42. The maximum atomic E-state index is 13.3. The summed E-state index contributed by atoms with van der Waals surface area (Å²) in [5, 5.41) is 2.63. The fraction of sp³-hybridized carbons (Fsp3) is 0.346.